The molecule has 146 valence electrons. The minimum atomic E-state index is -4.63. The van der Waals surface area contributed by atoms with Crippen LogP contribution in [0.2, 0.25) is 0 Å². The van der Waals surface area contributed by atoms with Crippen LogP contribution in [0.25, 0.3) is 0 Å². The third kappa shape index (κ3) is 4.48. The number of carbonyl (C=O) groups is 1. The summed E-state index contributed by atoms with van der Waals surface area (Å²) >= 11 is 0. The van der Waals surface area contributed by atoms with Crippen molar-refractivity contribution in [3.63, 3.8) is 0 Å². The third-order valence-corrected chi connectivity index (χ3v) is 3.63. The molecule has 1 N–H and O–H groups in total. The summed E-state index contributed by atoms with van der Waals surface area (Å²) in [4.78, 5) is 12.2. The number of alkyl halides is 3. The zero-order chi connectivity index (χ0) is 20.3. The van der Waals surface area contributed by atoms with E-state index in [9.17, 15) is 26.7 Å². The van der Waals surface area contributed by atoms with Gasteiger partial charge in [-0.15, -0.1) is 0 Å². The predicted molar refractivity (Wildman–Crippen MR) is 88.8 cm³/mol. The monoisotopic (exact) mass is 397 g/mol. The highest BCUT2D eigenvalue weighted by molar-refractivity contribution is 6.02. The van der Waals surface area contributed by atoms with Crippen molar-refractivity contribution in [3.05, 3.63) is 83.3 Å². The summed E-state index contributed by atoms with van der Waals surface area (Å²) in [6.45, 7) is -0.269. The number of benzene rings is 2. The number of amides is 1. The highest BCUT2D eigenvalue weighted by atomic mass is 19.4. The number of para-hydroxylation sites is 1. The lowest BCUT2D eigenvalue weighted by atomic mass is 10.1. The zero-order valence-electron chi connectivity index (χ0n) is 14.0. The van der Waals surface area contributed by atoms with Crippen LogP contribution in [-0.4, -0.2) is 5.91 Å². The smallest absolute Gasteiger partial charge is 0.418 e. The lowest BCUT2D eigenvalue weighted by Crippen LogP contribution is -2.16. The molecule has 1 heterocycles. The van der Waals surface area contributed by atoms with Crippen molar-refractivity contribution in [2.24, 2.45) is 0 Å². The molecule has 0 saturated heterocycles. The van der Waals surface area contributed by atoms with Gasteiger partial charge in [0.25, 0.3) is 5.91 Å². The van der Waals surface area contributed by atoms with Crippen molar-refractivity contribution in [1.29, 1.82) is 0 Å². The molecule has 0 unspecified atom stereocenters. The average molecular weight is 397 g/mol. The summed E-state index contributed by atoms with van der Waals surface area (Å²) in [5.41, 5.74) is -1.41. The molecule has 3 aromatic rings. The summed E-state index contributed by atoms with van der Waals surface area (Å²) in [7, 11) is 0. The molecular formula is C19H12F5NO3. The van der Waals surface area contributed by atoms with E-state index in [0.29, 0.717) is 6.07 Å². The molecule has 0 aliphatic rings. The standard InChI is InChI=1S/C19H12F5NO3/c20-11-5-7-16(14(21)9-11)27-10-12-6-8-17(28-12)18(26)25-15-4-2-1-3-13(15)19(22,23)24/h1-9H,10H2,(H,25,26). The van der Waals surface area contributed by atoms with Crippen molar-refractivity contribution in [1.82, 2.24) is 0 Å². The van der Waals surface area contributed by atoms with Crippen molar-refractivity contribution < 1.29 is 35.9 Å². The van der Waals surface area contributed by atoms with Crippen molar-refractivity contribution in [2.75, 3.05) is 5.32 Å². The van der Waals surface area contributed by atoms with Gasteiger partial charge in [-0.05, 0) is 36.4 Å². The predicted octanol–water partition coefficient (Wildman–Crippen LogP) is 5.41. The van der Waals surface area contributed by atoms with Crippen LogP contribution < -0.4 is 10.1 Å². The number of halogens is 5. The molecular weight excluding hydrogens is 385 g/mol. The van der Waals surface area contributed by atoms with Gasteiger partial charge in [-0.1, -0.05) is 12.1 Å². The summed E-state index contributed by atoms with van der Waals surface area (Å²) in [5, 5.41) is 2.14. The maximum Gasteiger partial charge on any atom is 0.418 e. The van der Waals surface area contributed by atoms with Gasteiger partial charge in [0, 0.05) is 6.07 Å². The largest absolute Gasteiger partial charge is 0.483 e. The van der Waals surface area contributed by atoms with Crippen LogP contribution in [0.5, 0.6) is 5.75 Å². The molecule has 4 nitrogen and oxygen atoms in total. The quantitative estimate of drug-likeness (QED) is 0.586. The molecule has 0 atom stereocenters. The maximum atomic E-state index is 13.5. The Kier molecular flexibility index (Phi) is 5.34. The first-order valence-electron chi connectivity index (χ1n) is 7.88. The number of ether oxygens (including phenoxy) is 1. The van der Waals surface area contributed by atoms with E-state index in [0.717, 1.165) is 24.3 Å². The number of hydrogen-bond acceptors (Lipinski definition) is 3. The van der Waals surface area contributed by atoms with E-state index in [2.05, 4.69) is 5.32 Å². The van der Waals surface area contributed by atoms with Gasteiger partial charge in [0.15, 0.2) is 17.3 Å². The van der Waals surface area contributed by atoms with Gasteiger partial charge in [-0.25, -0.2) is 8.78 Å². The molecule has 0 saturated carbocycles. The van der Waals surface area contributed by atoms with E-state index in [-0.39, 0.29) is 23.9 Å². The average Bonchev–Trinajstić information content (AvgIpc) is 3.10. The molecule has 2 aromatic carbocycles. The number of carbonyl (C=O) groups excluding carboxylic acids is 1. The summed E-state index contributed by atoms with van der Waals surface area (Å²) in [5.74, 6) is -2.92. The normalized spacial score (nSPS) is 11.3. The van der Waals surface area contributed by atoms with Crippen LogP contribution in [0.4, 0.5) is 27.6 Å². The number of nitrogens with one attached hydrogen (secondary N) is 1. The fraction of sp³-hybridized carbons (Fsp3) is 0.105. The Morgan fingerprint density at radius 2 is 1.79 bits per heavy atom. The van der Waals surface area contributed by atoms with E-state index >= 15 is 0 Å². The second kappa shape index (κ2) is 7.71. The number of anilines is 1. The van der Waals surface area contributed by atoms with Gasteiger partial charge in [0.1, 0.15) is 18.2 Å². The molecule has 0 aliphatic heterocycles. The van der Waals surface area contributed by atoms with Crippen molar-refractivity contribution in [2.45, 2.75) is 12.8 Å². The molecule has 0 fully saturated rings. The van der Waals surface area contributed by atoms with E-state index in [1.54, 1.807) is 0 Å². The van der Waals surface area contributed by atoms with Gasteiger partial charge in [0.05, 0.1) is 11.3 Å². The minimum Gasteiger partial charge on any atom is -0.483 e. The third-order valence-electron chi connectivity index (χ3n) is 3.63. The van der Waals surface area contributed by atoms with E-state index < -0.39 is 35.0 Å². The minimum absolute atomic E-state index is 0.123. The van der Waals surface area contributed by atoms with Crippen molar-refractivity contribution >= 4 is 11.6 Å². The topological polar surface area (TPSA) is 51.5 Å². The summed E-state index contributed by atoms with van der Waals surface area (Å²) in [6.07, 6.45) is -4.63. The maximum absolute atomic E-state index is 13.5. The SMILES string of the molecule is O=C(Nc1ccccc1C(F)(F)F)c1ccc(COc2ccc(F)cc2F)o1. The van der Waals surface area contributed by atoms with Gasteiger partial charge >= 0.3 is 6.18 Å². The molecule has 3 rings (SSSR count). The number of hydrogen-bond donors (Lipinski definition) is 1. The van der Waals surface area contributed by atoms with Crippen LogP contribution >= 0.6 is 0 Å². The van der Waals surface area contributed by atoms with Crippen LogP contribution in [-0.2, 0) is 12.8 Å². The second-order valence-corrected chi connectivity index (χ2v) is 5.63. The molecule has 1 amide bonds. The van der Waals surface area contributed by atoms with Gasteiger partial charge in [-0.3, -0.25) is 4.79 Å². The van der Waals surface area contributed by atoms with E-state index in [1.807, 2.05) is 0 Å². The molecule has 0 spiro atoms. The Labute approximate surface area is 155 Å². The van der Waals surface area contributed by atoms with Gasteiger partial charge in [-0.2, -0.15) is 13.2 Å². The molecule has 9 heteroatoms. The van der Waals surface area contributed by atoms with Gasteiger partial charge in [0.2, 0.25) is 0 Å². The lowest BCUT2D eigenvalue weighted by Gasteiger charge is -2.12. The van der Waals surface area contributed by atoms with Crippen LogP contribution in [0.1, 0.15) is 21.9 Å². The Hall–Kier alpha value is -3.36. The van der Waals surface area contributed by atoms with Crippen molar-refractivity contribution in [3.8, 4) is 5.75 Å². The number of rotatable bonds is 5. The highest BCUT2D eigenvalue weighted by Crippen LogP contribution is 2.34. The fourth-order valence-corrected chi connectivity index (χ4v) is 2.34. The van der Waals surface area contributed by atoms with Gasteiger partial charge < -0.3 is 14.5 Å². The Balaban J connectivity index is 1.68. The first-order valence-corrected chi connectivity index (χ1v) is 7.88. The summed E-state index contributed by atoms with van der Waals surface area (Å²) < 4.78 is 75.7. The second-order valence-electron chi connectivity index (χ2n) is 5.63. The molecule has 0 bridgehead atoms. The van der Waals surface area contributed by atoms with Crippen LogP contribution in [0.3, 0.4) is 0 Å². The Morgan fingerprint density at radius 3 is 2.50 bits per heavy atom. The lowest BCUT2D eigenvalue weighted by molar-refractivity contribution is -0.136. The molecule has 1 aromatic heterocycles. The summed E-state index contributed by atoms with van der Waals surface area (Å²) in [6, 6.07) is 9.86. The molecule has 0 aliphatic carbocycles. The zero-order valence-corrected chi connectivity index (χ0v) is 14.0. The number of furan rings is 1. The first-order chi connectivity index (χ1) is 13.2. The van der Waals surface area contributed by atoms with E-state index in [1.165, 1.54) is 24.3 Å². The Morgan fingerprint density at radius 1 is 1.04 bits per heavy atom. The van der Waals surface area contributed by atoms with E-state index in [4.69, 9.17) is 9.15 Å². The Bertz CT molecular complexity index is 997. The first kappa shape index (κ1) is 19.4. The molecule has 0 radical (unpaired) electrons. The highest BCUT2D eigenvalue weighted by Gasteiger charge is 2.33. The van der Waals surface area contributed by atoms with Crippen LogP contribution in [0.15, 0.2) is 59.0 Å². The van der Waals surface area contributed by atoms with Crippen LogP contribution in [0, 0.1) is 11.6 Å². The molecule has 28 heavy (non-hydrogen) atoms. The fourth-order valence-electron chi connectivity index (χ4n) is 2.34.